The van der Waals surface area contributed by atoms with Gasteiger partial charge >= 0.3 is 11.9 Å². The summed E-state index contributed by atoms with van der Waals surface area (Å²) < 4.78 is 4.53. The predicted molar refractivity (Wildman–Crippen MR) is 54.4 cm³/mol. The summed E-state index contributed by atoms with van der Waals surface area (Å²) in [5.74, 6) is -1.96. The molecule has 0 aliphatic rings. The molecule has 1 N–H and O–H groups in total. The van der Waals surface area contributed by atoms with Crippen LogP contribution in [-0.2, 0) is 9.53 Å². The van der Waals surface area contributed by atoms with Gasteiger partial charge in [0.1, 0.15) is 0 Å². The maximum atomic E-state index is 11.4. The van der Waals surface area contributed by atoms with Gasteiger partial charge in [-0.15, -0.1) is 0 Å². The summed E-state index contributed by atoms with van der Waals surface area (Å²) in [5.41, 5.74) is 0.412. The normalized spacial score (nSPS) is 9.56. The molecule has 5 nitrogen and oxygen atoms in total. The minimum atomic E-state index is -1.06. The van der Waals surface area contributed by atoms with Crippen LogP contribution in [0.5, 0.6) is 0 Å². The molecule has 0 saturated carbocycles. The lowest BCUT2D eigenvalue weighted by atomic mass is 10.1. The monoisotopic (exact) mass is 222 g/mol. The summed E-state index contributed by atoms with van der Waals surface area (Å²) in [6.07, 6.45) is 0. The van der Waals surface area contributed by atoms with Crippen molar-refractivity contribution in [2.45, 2.75) is 6.92 Å². The lowest BCUT2D eigenvalue weighted by molar-refractivity contribution is -0.139. The highest BCUT2D eigenvalue weighted by atomic mass is 16.5. The largest absolute Gasteiger partial charge is 0.478 e. The van der Waals surface area contributed by atoms with Gasteiger partial charge < -0.3 is 9.84 Å². The van der Waals surface area contributed by atoms with Crippen LogP contribution in [0.1, 0.15) is 27.6 Å². The molecule has 1 aromatic rings. The average molecular weight is 222 g/mol. The van der Waals surface area contributed by atoms with Gasteiger partial charge in [0, 0.05) is 12.5 Å². The third-order valence-electron chi connectivity index (χ3n) is 1.86. The number of carbonyl (C=O) groups excluding carboxylic acids is 2. The Morgan fingerprint density at radius 1 is 1.12 bits per heavy atom. The van der Waals surface area contributed by atoms with Crippen LogP contribution in [0, 0.1) is 0 Å². The molecule has 0 aliphatic heterocycles. The van der Waals surface area contributed by atoms with Crippen molar-refractivity contribution < 1.29 is 24.2 Å². The van der Waals surface area contributed by atoms with Crippen LogP contribution >= 0.6 is 0 Å². The van der Waals surface area contributed by atoms with Gasteiger partial charge in [-0.05, 0) is 12.1 Å². The zero-order chi connectivity index (χ0) is 12.1. The number of rotatable bonds is 4. The van der Waals surface area contributed by atoms with Crippen molar-refractivity contribution >= 4 is 17.7 Å². The number of carboxylic acid groups (broad SMARTS) is 1. The molecular weight excluding hydrogens is 212 g/mol. The molecule has 1 rings (SSSR count). The van der Waals surface area contributed by atoms with Crippen molar-refractivity contribution in [1.82, 2.24) is 0 Å². The van der Waals surface area contributed by atoms with E-state index >= 15 is 0 Å². The Morgan fingerprint density at radius 2 is 1.62 bits per heavy atom. The lowest BCUT2D eigenvalue weighted by Gasteiger charge is -2.01. The Bertz CT molecular complexity index is 419. The molecule has 16 heavy (non-hydrogen) atoms. The Labute approximate surface area is 91.6 Å². The van der Waals surface area contributed by atoms with Gasteiger partial charge in [0.15, 0.2) is 12.4 Å². The first kappa shape index (κ1) is 11.9. The van der Waals surface area contributed by atoms with E-state index in [1.54, 1.807) is 0 Å². The number of hydrogen-bond donors (Lipinski definition) is 1. The van der Waals surface area contributed by atoms with Crippen molar-refractivity contribution in [2.24, 2.45) is 0 Å². The first-order valence-corrected chi connectivity index (χ1v) is 4.50. The Balaban J connectivity index is 2.70. The quantitative estimate of drug-likeness (QED) is 0.610. The van der Waals surface area contributed by atoms with E-state index in [1.165, 1.54) is 31.2 Å². The molecule has 0 heterocycles. The minimum Gasteiger partial charge on any atom is -0.478 e. The smallest absolute Gasteiger partial charge is 0.335 e. The number of carbonyl (C=O) groups is 3. The first-order valence-electron chi connectivity index (χ1n) is 4.50. The fraction of sp³-hybridized carbons (Fsp3) is 0.182. The Morgan fingerprint density at radius 3 is 2.06 bits per heavy atom. The second-order valence-electron chi connectivity index (χ2n) is 3.09. The fourth-order valence-corrected chi connectivity index (χ4v) is 1.05. The van der Waals surface area contributed by atoms with Crippen molar-refractivity contribution in [3.8, 4) is 0 Å². The molecule has 0 saturated heterocycles. The average Bonchev–Trinajstić information content (AvgIpc) is 2.26. The molecule has 0 aliphatic carbocycles. The van der Waals surface area contributed by atoms with Crippen molar-refractivity contribution in [1.29, 1.82) is 0 Å². The fourth-order valence-electron chi connectivity index (χ4n) is 1.05. The Kier molecular flexibility index (Phi) is 3.77. The summed E-state index contributed by atoms with van der Waals surface area (Å²) in [6, 6.07) is 5.41. The number of hydrogen-bond acceptors (Lipinski definition) is 4. The van der Waals surface area contributed by atoms with Crippen LogP contribution in [-0.4, -0.2) is 29.4 Å². The number of benzene rings is 1. The van der Waals surface area contributed by atoms with E-state index < -0.39 is 11.9 Å². The van der Waals surface area contributed by atoms with Gasteiger partial charge in [0.25, 0.3) is 0 Å². The molecular formula is C11H10O5. The minimum absolute atomic E-state index is 0.101. The van der Waals surface area contributed by atoms with Crippen LogP contribution in [0.15, 0.2) is 24.3 Å². The van der Waals surface area contributed by atoms with E-state index in [-0.39, 0.29) is 18.0 Å². The van der Waals surface area contributed by atoms with Gasteiger partial charge in [-0.2, -0.15) is 0 Å². The molecule has 0 bridgehead atoms. The summed E-state index contributed by atoms with van der Waals surface area (Å²) in [6.45, 7) is 0.878. The lowest BCUT2D eigenvalue weighted by Crippen LogP contribution is -2.12. The SMILES string of the molecule is CC(=O)OCC(=O)c1ccc(C(=O)O)cc1. The van der Waals surface area contributed by atoms with Crippen molar-refractivity contribution in [3.63, 3.8) is 0 Å². The van der Waals surface area contributed by atoms with Crippen LogP contribution < -0.4 is 0 Å². The molecule has 1 aromatic carbocycles. The molecule has 0 fully saturated rings. The topological polar surface area (TPSA) is 80.7 Å². The standard InChI is InChI=1S/C11H10O5/c1-7(12)16-6-10(13)8-2-4-9(5-3-8)11(14)15/h2-5H,6H2,1H3,(H,14,15). The van der Waals surface area contributed by atoms with Crippen LogP contribution in [0.3, 0.4) is 0 Å². The number of ether oxygens (including phenoxy) is 1. The molecule has 0 unspecified atom stereocenters. The number of Topliss-reactive ketones (excluding diaryl/α,β-unsaturated/α-hetero) is 1. The summed E-state index contributed by atoms with van der Waals surface area (Å²) in [7, 11) is 0. The number of aromatic carboxylic acids is 1. The summed E-state index contributed by atoms with van der Waals surface area (Å²) >= 11 is 0. The first-order chi connectivity index (χ1) is 7.50. The summed E-state index contributed by atoms with van der Waals surface area (Å²) in [5, 5.41) is 8.64. The number of carboxylic acids is 1. The number of ketones is 1. The van der Waals surface area contributed by atoms with Gasteiger partial charge in [-0.1, -0.05) is 12.1 Å². The van der Waals surface area contributed by atoms with Gasteiger partial charge in [0.05, 0.1) is 5.56 Å². The second kappa shape index (κ2) is 5.06. The third kappa shape index (κ3) is 3.20. The maximum absolute atomic E-state index is 11.4. The zero-order valence-corrected chi connectivity index (χ0v) is 8.60. The van der Waals surface area contributed by atoms with E-state index in [0.29, 0.717) is 5.56 Å². The van der Waals surface area contributed by atoms with Gasteiger partial charge in [0.2, 0.25) is 0 Å². The molecule has 5 heteroatoms. The molecule has 0 radical (unpaired) electrons. The van der Waals surface area contributed by atoms with E-state index in [2.05, 4.69) is 4.74 Å². The van der Waals surface area contributed by atoms with E-state index in [1.807, 2.05) is 0 Å². The predicted octanol–water partition coefficient (Wildman–Crippen LogP) is 1.13. The highest BCUT2D eigenvalue weighted by Gasteiger charge is 2.09. The molecule has 0 atom stereocenters. The second-order valence-corrected chi connectivity index (χ2v) is 3.09. The number of esters is 1. The molecule has 0 spiro atoms. The maximum Gasteiger partial charge on any atom is 0.335 e. The van der Waals surface area contributed by atoms with Gasteiger partial charge in [-0.3, -0.25) is 9.59 Å². The molecule has 0 amide bonds. The van der Waals surface area contributed by atoms with Crippen molar-refractivity contribution in [3.05, 3.63) is 35.4 Å². The third-order valence-corrected chi connectivity index (χ3v) is 1.86. The van der Waals surface area contributed by atoms with Crippen LogP contribution in [0.25, 0.3) is 0 Å². The molecule has 0 aromatic heterocycles. The van der Waals surface area contributed by atoms with E-state index in [4.69, 9.17) is 5.11 Å². The van der Waals surface area contributed by atoms with E-state index in [0.717, 1.165) is 0 Å². The van der Waals surface area contributed by atoms with Crippen LogP contribution in [0.4, 0.5) is 0 Å². The van der Waals surface area contributed by atoms with Crippen molar-refractivity contribution in [2.75, 3.05) is 6.61 Å². The van der Waals surface area contributed by atoms with E-state index in [9.17, 15) is 14.4 Å². The Hall–Kier alpha value is -2.17. The molecule has 84 valence electrons. The highest BCUT2D eigenvalue weighted by molar-refractivity contribution is 5.98. The zero-order valence-electron chi connectivity index (χ0n) is 8.60. The summed E-state index contributed by atoms with van der Waals surface area (Å²) in [4.78, 5) is 32.4. The van der Waals surface area contributed by atoms with Crippen LogP contribution in [0.2, 0.25) is 0 Å². The van der Waals surface area contributed by atoms with Gasteiger partial charge in [-0.25, -0.2) is 4.79 Å². The highest BCUT2D eigenvalue weighted by Crippen LogP contribution is 2.05.